The van der Waals surface area contributed by atoms with E-state index in [9.17, 15) is 0 Å². The fourth-order valence-electron chi connectivity index (χ4n) is 4.21. The van der Waals surface area contributed by atoms with Gasteiger partial charge in [0, 0.05) is 16.7 Å². The van der Waals surface area contributed by atoms with Gasteiger partial charge in [-0.15, -0.1) is 0 Å². The van der Waals surface area contributed by atoms with E-state index in [2.05, 4.69) is 117 Å². The SMILES string of the molecule is Cc1ccc(C2=C(c3ccccc3)[C@@H](c3ccccc3)Oc3ccc(C)cc32)cc1. The minimum atomic E-state index is -0.167. The summed E-state index contributed by atoms with van der Waals surface area (Å²) >= 11 is 0. The maximum atomic E-state index is 6.66. The van der Waals surface area contributed by atoms with Crippen LogP contribution in [-0.4, -0.2) is 0 Å². The molecule has 1 heterocycles. The number of ether oxygens (including phenoxy) is 1. The fourth-order valence-corrected chi connectivity index (χ4v) is 4.21. The normalized spacial score (nSPS) is 15.5. The van der Waals surface area contributed by atoms with E-state index in [1.54, 1.807) is 0 Å². The predicted octanol–water partition coefficient (Wildman–Crippen LogP) is 7.40. The molecule has 0 aliphatic carbocycles. The molecule has 0 bridgehead atoms. The van der Waals surface area contributed by atoms with E-state index in [-0.39, 0.29) is 6.10 Å². The van der Waals surface area contributed by atoms with Crippen molar-refractivity contribution in [3.8, 4) is 5.75 Å². The van der Waals surface area contributed by atoms with Crippen LogP contribution in [0.15, 0.2) is 103 Å². The van der Waals surface area contributed by atoms with E-state index in [0.717, 1.165) is 16.9 Å². The van der Waals surface area contributed by atoms with Gasteiger partial charge in [0.1, 0.15) is 5.75 Å². The number of rotatable bonds is 3. The molecule has 0 amide bonds. The second-order valence-electron chi connectivity index (χ2n) is 7.93. The van der Waals surface area contributed by atoms with Gasteiger partial charge in [-0.1, -0.05) is 102 Å². The molecule has 1 nitrogen and oxygen atoms in total. The third-order valence-electron chi connectivity index (χ3n) is 5.71. The Morgan fingerprint density at radius 3 is 1.93 bits per heavy atom. The van der Waals surface area contributed by atoms with Crippen LogP contribution in [0.2, 0.25) is 0 Å². The summed E-state index contributed by atoms with van der Waals surface area (Å²) in [7, 11) is 0. The standard InChI is InChI=1S/C29H24O/c1-20-13-16-23(17-14-20)27-25-19-21(2)15-18-26(25)30-29(24-11-7-4-8-12-24)28(27)22-9-5-3-6-10-22/h3-19,29H,1-2H3/t29-/m1/s1. The summed E-state index contributed by atoms with van der Waals surface area (Å²) in [6, 6.07) is 36.5. The van der Waals surface area contributed by atoms with Gasteiger partial charge in [0.25, 0.3) is 0 Å². The number of benzene rings is 4. The Labute approximate surface area is 178 Å². The lowest BCUT2D eigenvalue weighted by Gasteiger charge is -2.32. The summed E-state index contributed by atoms with van der Waals surface area (Å²) in [6.07, 6.45) is -0.167. The highest BCUT2D eigenvalue weighted by Gasteiger charge is 2.31. The number of hydrogen-bond donors (Lipinski definition) is 0. The van der Waals surface area contributed by atoms with Gasteiger partial charge in [0.05, 0.1) is 0 Å². The Hall–Kier alpha value is -3.58. The van der Waals surface area contributed by atoms with Crippen molar-refractivity contribution in [1.82, 2.24) is 0 Å². The summed E-state index contributed by atoms with van der Waals surface area (Å²) in [4.78, 5) is 0. The zero-order chi connectivity index (χ0) is 20.5. The van der Waals surface area contributed by atoms with Crippen LogP contribution in [0.3, 0.4) is 0 Å². The monoisotopic (exact) mass is 388 g/mol. The van der Waals surface area contributed by atoms with Crippen molar-refractivity contribution in [1.29, 1.82) is 0 Å². The van der Waals surface area contributed by atoms with Gasteiger partial charge < -0.3 is 4.74 Å². The minimum absolute atomic E-state index is 0.167. The Kier molecular flexibility index (Phi) is 4.72. The predicted molar refractivity (Wildman–Crippen MR) is 125 cm³/mol. The van der Waals surface area contributed by atoms with Gasteiger partial charge in [-0.05, 0) is 42.7 Å². The third-order valence-corrected chi connectivity index (χ3v) is 5.71. The highest BCUT2D eigenvalue weighted by atomic mass is 16.5. The second kappa shape index (κ2) is 7.68. The lowest BCUT2D eigenvalue weighted by atomic mass is 9.82. The first kappa shape index (κ1) is 18.4. The summed E-state index contributed by atoms with van der Waals surface area (Å²) in [6.45, 7) is 4.27. The smallest absolute Gasteiger partial charge is 0.150 e. The summed E-state index contributed by atoms with van der Waals surface area (Å²) in [5, 5.41) is 0. The van der Waals surface area contributed by atoms with Gasteiger partial charge in [-0.25, -0.2) is 0 Å². The van der Waals surface area contributed by atoms with Crippen LogP contribution < -0.4 is 4.74 Å². The topological polar surface area (TPSA) is 9.23 Å². The molecule has 4 aromatic rings. The van der Waals surface area contributed by atoms with E-state index in [1.807, 2.05) is 0 Å². The van der Waals surface area contributed by atoms with Crippen molar-refractivity contribution >= 4 is 11.1 Å². The van der Waals surface area contributed by atoms with Crippen LogP contribution in [0, 0.1) is 13.8 Å². The van der Waals surface area contributed by atoms with Crippen molar-refractivity contribution in [2.24, 2.45) is 0 Å². The lowest BCUT2D eigenvalue weighted by Crippen LogP contribution is -2.17. The molecule has 1 aliphatic rings. The number of fused-ring (bicyclic) bond motifs is 1. The fraction of sp³-hybridized carbons (Fsp3) is 0.103. The molecule has 0 N–H and O–H groups in total. The molecule has 5 rings (SSSR count). The number of aryl methyl sites for hydroxylation is 2. The van der Waals surface area contributed by atoms with Crippen molar-refractivity contribution in [3.63, 3.8) is 0 Å². The van der Waals surface area contributed by atoms with Gasteiger partial charge in [-0.3, -0.25) is 0 Å². The molecule has 0 saturated heterocycles. The van der Waals surface area contributed by atoms with Gasteiger partial charge in [0.15, 0.2) is 6.10 Å². The summed E-state index contributed by atoms with van der Waals surface area (Å²) in [5.41, 5.74) is 9.68. The Bertz CT molecular complexity index is 1200. The first-order chi connectivity index (χ1) is 14.7. The molecule has 0 spiro atoms. The van der Waals surface area contributed by atoms with Gasteiger partial charge in [-0.2, -0.15) is 0 Å². The largest absolute Gasteiger partial charge is 0.480 e. The zero-order valence-electron chi connectivity index (χ0n) is 17.3. The highest BCUT2D eigenvalue weighted by Crippen LogP contribution is 2.49. The molecule has 0 saturated carbocycles. The van der Waals surface area contributed by atoms with Crippen LogP contribution in [0.1, 0.15) is 39.5 Å². The van der Waals surface area contributed by atoms with E-state index in [1.165, 1.54) is 33.4 Å². The first-order valence-corrected chi connectivity index (χ1v) is 10.4. The Balaban J connectivity index is 1.86. The molecule has 1 aliphatic heterocycles. The van der Waals surface area contributed by atoms with Gasteiger partial charge in [0.2, 0.25) is 0 Å². The summed E-state index contributed by atoms with van der Waals surface area (Å²) in [5.74, 6) is 0.935. The van der Waals surface area contributed by atoms with Crippen LogP contribution in [0.4, 0.5) is 0 Å². The lowest BCUT2D eigenvalue weighted by molar-refractivity contribution is 0.260. The molecule has 0 fully saturated rings. The van der Waals surface area contributed by atoms with Crippen molar-refractivity contribution in [2.45, 2.75) is 20.0 Å². The minimum Gasteiger partial charge on any atom is -0.480 e. The summed E-state index contributed by atoms with van der Waals surface area (Å²) < 4.78 is 6.66. The van der Waals surface area contributed by atoms with E-state index >= 15 is 0 Å². The van der Waals surface area contributed by atoms with E-state index in [0.29, 0.717) is 0 Å². The molecule has 0 aromatic heterocycles. The maximum Gasteiger partial charge on any atom is 0.150 e. The third kappa shape index (κ3) is 3.33. The van der Waals surface area contributed by atoms with Crippen LogP contribution >= 0.6 is 0 Å². The molecular weight excluding hydrogens is 364 g/mol. The molecule has 0 radical (unpaired) electrons. The number of hydrogen-bond acceptors (Lipinski definition) is 1. The Morgan fingerprint density at radius 2 is 1.23 bits per heavy atom. The van der Waals surface area contributed by atoms with Crippen molar-refractivity contribution in [2.75, 3.05) is 0 Å². The molecule has 0 unspecified atom stereocenters. The first-order valence-electron chi connectivity index (χ1n) is 10.4. The van der Waals surface area contributed by atoms with Crippen LogP contribution in [0.25, 0.3) is 11.1 Å². The zero-order valence-corrected chi connectivity index (χ0v) is 17.3. The Morgan fingerprint density at radius 1 is 0.600 bits per heavy atom. The van der Waals surface area contributed by atoms with E-state index in [4.69, 9.17) is 4.74 Å². The highest BCUT2D eigenvalue weighted by molar-refractivity contribution is 6.03. The molecule has 4 aromatic carbocycles. The second-order valence-corrected chi connectivity index (χ2v) is 7.93. The van der Waals surface area contributed by atoms with Crippen molar-refractivity contribution in [3.05, 3.63) is 137 Å². The van der Waals surface area contributed by atoms with Gasteiger partial charge >= 0.3 is 0 Å². The molecule has 146 valence electrons. The van der Waals surface area contributed by atoms with E-state index < -0.39 is 0 Å². The quantitative estimate of drug-likeness (QED) is 0.355. The maximum absolute atomic E-state index is 6.66. The van der Waals surface area contributed by atoms with Crippen molar-refractivity contribution < 1.29 is 4.74 Å². The molecule has 1 atom stereocenters. The molecule has 1 heteroatoms. The van der Waals surface area contributed by atoms with Crippen LogP contribution in [-0.2, 0) is 0 Å². The molecular formula is C29H24O. The molecule has 30 heavy (non-hydrogen) atoms. The van der Waals surface area contributed by atoms with Crippen LogP contribution in [0.5, 0.6) is 5.75 Å². The average molecular weight is 389 g/mol. The average Bonchev–Trinajstić information content (AvgIpc) is 2.80.